The summed E-state index contributed by atoms with van der Waals surface area (Å²) in [6.45, 7) is 3.72. The zero-order valence-electron chi connectivity index (χ0n) is 10.8. The minimum Gasteiger partial charge on any atom is -0.353 e. The molecule has 0 aliphatic heterocycles. The molecule has 0 spiro atoms. The predicted octanol–water partition coefficient (Wildman–Crippen LogP) is 2.21. The summed E-state index contributed by atoms with van der Waals surface area (Å²) in [6.07, 6.45) is 0.348. The van der Waals surface area contributed by atoms with E-state index in [0.717, 1.165) is 18.6 Å². The van der Waals surface area contributed by atoms with Gasteiger partial charge in [0.25, 0.3) is 0 Å². The fourth-order valence-corrected chi connectivity index (χ4v) is 1.36. The number of anilines is 1. The Bertz CT molecular complexity index is 478. The third kappa shape index (κ3) is 5.03. The summed E-state index contributed by atoms with van der Waals surface area (Å²) in [5.74, 6) is -2.69. The van der Waals surface area contributed by atoms with Crippen LogP contribution in [0.1, 0.15) is 26.7 Å². The number of carbonyl (C=O) groups is 2. The average Bonchev–Trinajstić information content (AvgIpc) is 2.32. The van der Waals surface area contributed by atoms with E-state index >= 15 is 0 Å². The van der Waals surface area contributed by atoms with Gasteiger partial charge in [-0.1, -0.05) is 6.92 Å². The first-order valence-electron chi connectivity index (χ1n) is 5.96. The summed E-state index contributed by atoms with van der Waals surface area (Å²) < 4.78 is 25.9. The van der Waals surface area contributed by atoms with Gasteiger partial charge >= 0.3 is 0 Å². The molecule has 0 aliphatic rings. The highest BCUT2D eigenvalue weighted by molar-refractivity contribution is 6.03. The van der Waals surface area contributed by atoms with Crippen molar-refractivity contribution >= 4 is 17.5 Å². The van der Waals surface area contributed by atoms with Crippen LogP contribution in [0.4, 0.5) is 14.5 Å². The second-order valence-electron chi connectivity index (χ2n) is 4.23. The van der Waals surface area contributed by atoms with Crippen molar-refractivity contribution in [2.75, 3.05) is 5.32 Å². The van der Waals surface area contributed by atoms with E-state index < -0.39 is 29.9 Å². The maximum atomic E-state index is 13.3. The first-order chi connectivity index (χ1) is 8.92. The van der Waals surface area contributed by atoms with Gasteiger partial charge in [0.05, 0.1) is 5.69 Å². The van der Waals surface area contributed by atoms with Gasteiger partial charge < -0.3 is 10.6 Å². The molecular formula is C13H16F2N2O2. The molecule has 19 heavy (non-hydrogen) atoms. The summed E-state index contributed by atoms with van der Waals surface area (Å²) in [6, 6.07) is 2.77. The molecule has 0 aliphatic carbocycles. The highest BCUT2D eigenvalue weighted by Gasteiger charge is 2.13. The van der Waals surface area contributed by atoms with Crippen molar-refractivity contribution in [2.45, 2.75) is 32.7 Å². The van der Waals surface area contributed by atoms with Gasteiger partial charge in [-0.3, -0.25) is 9.59 Å². The minimum atomic E-state index is -0.879. The molecular weight excluding hydrogens is 254 g/mol. The Balaban J connectivity index is 2.53. The number of rotatable bonds is 5. The number of nitrogens with one attached hydrogen (secondary N) is 2. The van der Waals surface area contributed by atoms with Gasteiger partial charge in [0.15, 0.2) is 0 Å². The lowest BCUT2D eigenvalue weighted by molar-refractivity contribution is -0.127. The van der Waals surface area contributed by atoms with Crippen LogP contribution < -0.4 is 10.6 Å². The monoisotopic (exact) mass is 270 g/mol. The van der Waals surface area contributed by atoms with Crippen LogP contribution in [0.2, 0.25) is 0 Å². The first-order valence-corrected chi connectivity index (χ1v) is 5.96. The smallest absolute Gasteiger partial charge is 0.233 e. The van der Waals surface area contributed by atoms with Crippen LogP contribution in [0.3, 0.4) is 0 Å². The Morgan fingerprint density at radius 2 is 1.95 bits per heavy atom. The molecule has 2 N–H and O–H groups in total. The Labute approximate surface area is 110 Å². The Morgan fingerprint density at radius 1 is 1.26 bits per heavy atom. The fourth-order valence-electron chi connectivity index (χ4n) is 1.36. The van der Waals surface area contributed by atoms with E-state index in [1.807, 2.05) is 13.8 Å². The fraction of sp³-hybridized carbons (Fsp3) is 0.385. The molecule has 1 aromatic carbocycles. The molecule has 0 saturated heterocycles. The van der Waals surface area contributed by atoms with E-state index in [9.17, 15) is 18.4 Å². The molecule has 1 atom stereocenters. The largest absolute Gasteiger partial charge is 0.353 e. The van der Waals surface area contributed by atoms with Gasteiger partial charge in [-0.05, 0) is 25.5 Å². The van der Waals surface area contributed by atoms with E-state index in [1.165, 1.54) is 0 Å². The maximum Gasteiger partial charge on any atom is 0.233 e. The standard InChI is InChI=1S/C13H16F2N2O2/c1-3-8(2)16-12(18)7-13(19)17-11-5-4-9(14)6-10(11)15/h4-6,8H,3,7H2,1-2H3,(H,16,18)(H,17,19). The van der Waals surface area contributed by atoms with Gasteiger partial charge in [-0.15, -0.1) is 0 Å². The summed E-state index contributed by atoms with van der Waals surface area (Å²) in [7, 11) is 0. The molecule has 4 nitrogen and oxygen atoms in total. The van der Waals surface area contributed by atoms with E-state index in [1.54, 1.807) is 0 Å². The molecule has 0 heterocycles. The van der Waals surface area contributed by atoms with Crippen molar-refractivity contribution < 1.29 is 18.4 Å². The second kappa shape index (κ2) is 6.82. The Hall–Kier alpha value is -1.98. The number of hydrogen-bond acceptors (Lipinski definition) is 2. The number of benzene rings is 1. The third-order valence-corrected chi connectivity index (χ3v) is 2.55. The number of halogens is 2. The van der Waals surface area contributed by atoms with Crippen molar-refractivity contribution in [1.29, 1.82) is 0 Å². The average molecular weight is 270 g/mol. The normalized spacial score (nSPS) is 11.8. The third-order valence-electron chi connectivity index (χ3n) is 2.55. The lowest BCUT2D eigenvalue weighted by Gasteiger charge is -2.11. The topological polar surface area (TPSA) is 58.2 Å². The zero-order chi connectivity index (χ0) is 14.4. The predicted molar refractivity (Wildman–Crippen MR) is 67.5 cm³/mol. The molecule has 1 unspecified atom stereocenters. The van der Waals surface area contributed by atoms with E-state index in [2.05, 4.69) is 10.6 Å². The first kappa shape index (κ1) is 15.1. The number of carbonyl (C=O) groups excluding carboxylic acids is 2. The summed E-state index contributed by atoms with van der Waals surface area (Å²) in [4.78, 5) is 22.9. The lowest BCUT2D eigenvalue weighted by Crippen LogP contribution is -2.34. The van der Waals surface area contributed by atoms with E-state index in [-0.39, 0.29) is 11.7 Å². The highest BCUT2D eigenvalue weighted by atomic mass is 19.1. The Kier molecular flexibility index (Phi) is 5.41. The van der Waals surface area contributed by atoms with Crippen LogP contribution in [0.25, 0.3) is 0 Å². The minimum absolute atomic E-state index is 0.0251. The molecule has 2 amide bonds. The Morgan fingerprint density at radius 3 is 2.53 bits per heavy atom. The van der Waals surface area contributed by atoms with E-state index in [0.29, 0.717) is 6.07 Å². The molecule has 0 radical (unpaired) electrons. The van der Waals surface area contributed by atoms with Crippen molar-refractivity contribution in [3.8, 4) is 0 Å². The van der Waals surface area contributed by atoms with Crippen molar-refractivity contribution in [1.82, 2.24) is 5.32 Å². The van der Waals surface area contributed by atoms with Crippen LogP contribution in [0, 0.1) is 11.6 Å². The quantitative estimate of drug-likeness (QED) is 0.806. The molecule has 1 aromatic rings. The van der Waals surface area contributed by atoms with Gasteiger partial charge in [0, 0.05) is 12.1 Å². The highest BCUT2D eigenvalue weighted by Crippen LogP contribution is 2.14. The van der Waals surface area contributed by atoms with Gasteiger partial charge in [-0.2, -0.15) is 0 Å². The molecule has 1 rings (SSSR count). The lowest BCUT2D eigenvalue weighted by atomic mass is 10.2. The SMILES string of the molecule is CCC(C)NC(=O)CC(=O)Nc1ccc(F)cc1F. The van der Waals surface area contributed by atoms with Crippen LogP contribution in [-0.2, 0) is 9.59 Å². The summed E-state index contributed by atoms with van der Waals surface area (Å²) >= 11 is 0. The molecule has 0 saturated carbocycles. The molecule has 0 aromatic heterocycles. The molecule has 6 heteroatoms. The van der Waals surface area contributed by atoms with Crippen molar-refractivity contribution in [3.05, 3.63) is 29.8 Å². The van der Waals surface area contributed by atoms with Crippen molar-refractivity contribution in [3.63, 3.8) is 0 Å². The van der Waals surface area contributed by atoms with E-state index in [4.69, 9.17) is 0 Å². The summed E-state index contributed by atoms with van der Waals surface area (Å²) in [5.41, 5.74) is -0.150. The maximum absolute atomic E-state index is 13.3. The number of hydrogen-bond donors (Lipinski definition) is 2. The number of amides is 2. The molecule has 0 bridgehead atoms. The van der Waals surface area contributed by atoms with Crippen LogP contribution in [-0.4, -0.2) is 17.9 Å². The van der Waals surface area contributed by atoms with Gasteiger partial charge in [0.1, 0.15) is 18.1 Å². The van der Waals surface area contributed by atoms with Crippen LogP contribution in [0.5, 0.6) is 0 Å². The van der Waals surface area contributed by atoms with Gasteiger partial charge in [0.2, 0.25) is 11.8 Å². The molecule has 104 valence electrons. The van der Waals surface area contributed by atoms with Gasteiger partial charge in [-0.25, -0.2) is 8.78 Å². The van der Waals surface area contributed by atoms with Crippen LogP contribution in [0.15, 0.2) is 18.2 Å². The van der Waals surface area contributed by atoms with Crippen LogP contribution >= 0.6 is 0 Å². The van der Waals surface area contributed by atoms with Crippen molar-refractivity contribution in [2.24, 2.45) is 0 Å². The zero-order valence-corrected chi connectivity index (χ0v) is 10.8. The summed E-state index contributed by atoms with van der Waals surface area (Å²) in [5, 5.41) is 4.83. The second-order valence-corrected chi connectivity index (χ2v) is 4.23. The molecule has 0 fully saturated rings.